The van der Waals surface area contributed by atoms with E-state index in [0.717, 1.165) is 13.1 Å². The lowest BCUT2D eigenvalue weighted by Gasteiger charge is -2.42. The fraction of sp³-hybridized carbons (Fsp3) is 1.00. The van der Waals surface area contributed by atoms with Crippen LogP contribution in [0.15, 0.2) is 0 Å². The number of piperidine rings is 1. The summed E-state index contributed by atoms with van der Waals surface area (Å²) in [6.07, 6.45) is 2.11. The van der Waals surface area contributed by atoms with Gasteiger partial charge < -0.3 is 10.4 Å². The van der Waals surface area contributed by atoms with Crippen molar-refractivity contribution in [2.24, 2.45) is 0 Å². The predicted octanol–water partition coefficient (Wildman–Crippen LogP) is 0.830. The number of nitrogens with one attached hydrogen (secondary N) is 1. The second kappa shape index (κ2) is 4.60. The number of aliphatic hydroxyl groups is 1. The Hall–Kier alpha value is -0.120. The van der Waals surface area contributed by atoms with E-state index >= 15 is 0 Å². The molecule has 1 heterocycles. The van der Waals surface area contributed by atoms with E-state index in [1.165, 1.54) is 12.8 Å². The molecule has 1 aliphatic heterocycles. The third-order valence-electron chi connectivity index (χ3n) is 3.78. The first-order valence-electron chi connectivity index (χ1n) is 5.59. The normalized spacial score (nSPS) is 27.2. The summed E-state index contributed by atoms with van der Waals surface area (Å²) in [5.41, 5.74) is 0.301. The molecular formula is C11H24N2O. The van der Waals surface area contributed by atoms with E-state index in [1.807, 2.05) is 14.0 Å². The van der Waals surface area contributed by atoms with Crippen LogP contribution in [0.4, 0.5) is 0 Å². The molecule has 0 radical (unpaired) electrons. The van der Waals surface area contributed by atoms with Crippen molar-refractivity contribution in [1.29, 1.82) is 0 Å². The molecule has 84 valence electrons. The van der Waals surface area contributed by atoms with E-state index in [2.05, 4.69) is 24.1 Å². The van der Waals surface area contributed by atoms with Crippen LogP contribution in [0.1, 0.15) is 33.6 Å². The molecule has 0 amide bonds. The lowest BCUT2D eigenvalue weighted by Crippen LogP contribution is -2.53. The smallest absolute Gasteiger partial charge is 0.0664 e. The van der Waals surface area contributed by atoms with E-state index in [9.17, 15) is 5.11 Å². The summed E-state index contributed by atoms with van der Waals surface area (Å²) in [5.74, 6) is 0. The van der Waals surface area contributed by atoms with E-state index < -0.39 is 0 Å². The molecule has 0 aromatic carbocycles. The number of nitrogens with zero attached hydrogens (tertiary/aromatic N) is 1. The average molecular weight is 200 g/mol. The van der Waals surface area contributed by atoms with Gasteiger partial charge in [0, 0.05) is 24.7 Å². The van der Waals surface area contributed by atoms with Crippen LogP contribution in [0.5, 0.6) is 0 Å². The maximum Gasteiger partial charge on any atom is 0.0664 e. The van der Waals surface area contributed by atoms with Gasteiger partial charge in [-0.25, -0.2) is 0 Å². The average Bonchev–Trinajstić information content (AvgIpc) is 2.18. The molecule has 1 rings (SSSR count). The van der Waals surface area contributed by atoms with E-state index in [4.69, 9.17) is 0 Å². The van der Waals surface area contributed by atoms with Gasteiger partial charge in [-0.15, -0.1) is 0 Å². The Labute approximate surface area is 87.5 Å². The number of hydrogen-bond donors (Lipinski definition) is 2. The Bertz CT molecular complexity index is 174. The van der Waals surface area contributed by atoms with Gasteiger partial charge in [-0.05, 0) is 40.7 Å². The molecular weight excluding hydrogens is 176 g/mol. The molecule has 2 N–H and O–H groups in total. The van der Waals surface area contributed by atoms with Crippen LogP contribution in [0, 0.1) is 0 Å². The molecule has 3 heteroatoms. The molecule has 0 spiro atoms. The van der Waals surface area contributed by atoms with Crippen LogP contribution >= 0.6 is 0 Å². The van der Waals surface area contributed by atoms with Gasteiger partial charge in [-0.3, -0.25) is 4.90 Å². The zero-order chi connectivity index (χ0) is 10.8. The van der Waals surface area contributed by atoms with Gasteiger partial charge >= 0.3 is 0 Å². The first-order chi connectivity index (χ1) is 6.48. The van der Waals surface area contributed by atoms with Gasteiger partial charge in [0.05, 0.1) is 6.10 Å². The van der Waals surface area contributed by atoms with Crippen molar-refractivity contribution in [3.63, 3.8) is 0 Å². The van der Waals surface area contributed by atoms with Gasteiger partial charge in [-0.1, -0.05) is 0 Å². The zero-order valence-electron chi connectivity index (χ0n) is 9.88. The fourth-order valence-electron chi connectivity index (χ4n) is 1.98. The molecule has 2 atom stereocenters. The molecule has 2 unspecified atom stereocenters. The highest BCUT2D eigenvalue weighted by Gasteiger charge is 2.30. The standard InChI is InChI=1S/C11H24N2O/c1-9(10(2)14)13-7-5-11(3,12-4)6-8-13/h9-10,12,14H,5-8H2,1-4H3. The monoisotopic (exact) mass is 200 g/mol. The molecule has 1 aliphatic rings. The summed E-state index contributed by atoms with van der Waals surface area (Å²) < 4.78 is 0. The van der Waals surface area contributed by atoms with Crippen molar-refractivity contribution in [3.05, 3.63) is 0 Å². The Balaban J connectivity index is 2.43. The third kappa shape index (κ3) is 2.69. The van der Waals surface area contributed by atoms with Gasteiger partial charge in [0.25, 0.3) is 0 Å². The van der Waals surface area contributed by atoms with Crippen LogP contribution in [-0.2, 0) is 0 Å². The minimum Gasteiger partial charge on any atom is -0.392 e. The molecule has 14 heavy (non-hydrogen) atoms. The molecule has 0 aliphatic carbocycles. The largest absolute Gasteiger partial charge is 0.392 e. The maximum absolute atomic E-state index is 9.50. The minimum atomic E-state index is -0.228. The van der Waals surface area contributed by atoms with Crippen LogP contribution in [0.3, 0.4) is 0 Å². The van der Waals surface area contributed by atoms with Crippen molar-refractivity contribution in [2.45, 2.75) is 51.3 Å². The molecule has 1 saturated heterocycles. The highest BCUT2D eigenvalue weighted by atomic mass is 16.3. The minimum absolute atomic E-state index is 0.228. The fourth-order valence-corrected chi connectivity index (χ4v) is 1.98. The Kier molecular flexibility index (Phi) is 3.93. The van der Waals surface area contributed by atoms with Gasteiger partial charge in [-0.2, -0.15) is 0 Å². The van der Waals surface area contributed by atoms with E-state index in [0.29, 0.717) is 5.54 Å². The molecule has 0 aromatic heterocycles. The SMILES string of the molecule is CNC1(C)CCN(C(C)C(C)O)CC1. The molecule has 3 nitrogen and oxygen atoms in total. The van der Waals surface area contributed by atoms with Crippen LogP contribution in [0.2, 0.25) is 0 Å². The number of likely N-dealkylation sites (tertiary alicyclic amines) is 1. The van der Waals surface area contributed by atoms with Gasteiger partial charge in [0.2, 0.25) is 0 Å². The first-order valence-corrected chi connectivity index (χ1v) is 5.59. The van der Waals surface area contributed by atoms with Crippen molar-refractivity contribution < 1.29 is 5.11 Å². The van der Waals surface area contributed by atoms with Crippen molar-refractivity contribution in [1.82, 2.24) is 10.2 Å². The highest BCUT2D eigenvalue weighted by Crippen LogP contribution is 2.23. The summed E-state index contributed by atoms with van der Waals surface area (Å²) in [5, 5.41) is 12.9. The van der Waals surface area contributed by atoms with Gasteiger partial charge in [0.15, 0.2) is 0 Å². The third-order valence-corrected chi connectivity index (χ3v) is 3.78. The van der Waals surface area contributed by atoms with Crippen LogP contribution < -0.4 is 5.32 Å². The van der Waals surface area contributed by atoms with Crippen molar-refractivity contribution in [2.75, 3.05) is 20.1 Å². The summed E-state index contributed by atoms with van der Waals surface area (Å²) in [6, 6.07) is 0.288. The van der Waals surface area contributed by atoms with Crippen LogP contribution in [0.25, 0.3) is 0 Å². The van der Waals surface area contributed by atoms with Gasteiger partial charge in [0.1, 0.15) is 0 Å². The second-order valence-electron chi connectivity index (χ2n) is 4.83. The van der Waals surface area contributed by atoms with E-state index in [-0.39, 0.29) is 12.1 Å². The Morgan fingerprint density at radius 1 is 1.29 bits per heavy atom. The zero-order valence-corrected chi connectivity index (χ0v) is 9.88. The first kappa shape index (κ1) is 12.0. The number of rotatable bonds is 3. The second-order valence-corrected chi connectivity index (χ2v) is 4.83. The Morgan fingerprint density at radius 2 is 1.79 bits per heavy atom. The molecule has 0 saturated carbocycles. The lowest BCUT2D eigenvalue weighted by molar-refractivity contribution is 0.0404. The van der Waals surface area contributed by atoms with Crippen molar-refractivity contribution in [3.8, 4) is 0 Å². The number of aliphatic hydroxyl groups excluding tert-OH is 1. The topological polar surface area (TPSA) is 35.5 Å². The summed E-state index contributed by atoms with van der Waals surface area (Å²) in [7, 11) is 2.04. The summed E-state index contributed by atoms with van der Waals surface area (Å²) in [6.45, 7) is 8.42. The van der Waals surface area contributed by atoms with Crippen LogP contribution in [-0.4, -0.2) is 47.8 Å². The summed E-state index contributed by atoms with van der Waals surface area (Å²) >= 11 is 0. The number of hydrogen-bond acceptors (Lipinski definition) is 3. The Morgan fingerprint density at radius 3 is 2.14 bits per heavy atom. The quantitative estimate of drug-likeness (QED) is 0.708. The molecule has 1 fully saturated rings. The summed E-state index contributed by atoms with van der Waals surface area (Å²) in [4.78, 5) is 2.38. The molecule has 0 aromatic rings. The molecule has 0 bridgehead atoms. The van der Waals surface area contributed by atoms with Crippen molar-refractivity contribution >= 4 is 0 Å². The highest BCUT2D eigenvalue weighted by molar-refractivity contribution is 4.90. The maximum atomic E-state index is 9.50. The van der Waals surface area contributed by atoms with E-state index in [1.54, 1.807) is 0 Å². The lowest BCUT2D eigenvalue weighted by atomic mass is 9.89. The predicted molar refractivity (Wildman–Crippen MR) is 59.4 cm³/mol.